The molecule has 114 valence electrons. The van der Waals surface area contributed by atoms with Crippen molar-refractivity contribution >= 4 is 5.97 Å². The number of carbonyl (C=O) groups is 1. The van der Waals surface area contributed by atoms with Gasteiger partial charge in [-0.25, -0.2) is 4.79 Å². The Morgan fingerprint density at radius 1 is 1.19 bits per heavy atom. The molecule has 2 fully saturated rings. The lowest BCUT2D eigenvalue weighted by atomic mass is 9.83. The summed E-state index contributed by atoms with van der Waals surface area (Å²) < 4.78 is 11.1. The van der Waals surface area contributed by atoms with Gasteiger partial charge in [-0.3, -0.25) is 0 Å². The van der Waals surface area contributed by atoms with Crippen molar-refractivity contribution in [2.45, 2.75) is 63.4 Å². The molecule has 0 N–H and O–H groups in total. The van der Waals surface area contributed by atoms with Crippen LogP contribution in [0.2, 0.25) is 0 Å². The molecule has 3 rings (SSSR count). The van der Waals surface area contributed by atoms with Gasteiger partial charge in [0.15, 0.2) is 0 Å². The van der Waals surface area contributed by atoms with E-state index in [-0.39, 0.29) is 5.97 Å². The van der Waals surface area contributed by atoms with E-state index in [4.69, 9.17) is 9.47 Å². The van der Waals surface area contributed by atoms with Gasteiger partial charge in [-0.1, -0.05) is 31.4 Å². The van der Waals surface area contributed by atoms with Crippen molar-refractivity contribution in [1.29, 1.82) is 0 Å². The van der Waals surface area contributed by atoms with Crippen LogP contribution in [-0.2, 0) is 9.53 Å². The minimum Gasteiger partial charge on any atom is -0.475 e. The molecule has 0 amide bonds. The van der Waals surface area contributed by atoms with E-state index in [1.165, 1.54) is 50.3 Å². The quantitative estimate of drug-likeness (QED) is 0.782. The van der Waals surface area contributed by atoms with E-state index >= 15 is 0 Å². The third kappa shape index (κ3) is 2.92. The second kappa shape index (κ2) is 5.70. The second-order valence-electron chi connectivity index (χ2n) is 6.46. The molecular weight excluding hydrogens is 264 g/mol. The summed E-state index contributed by atoms with van der Waals surface area (Å²) in [5, 5.41) is 0. The third-order valence-corrected chi connectivity index (χ3v) is 4.78. The summed E-state index contributed by atoms with van der Waals surface area (Å²) in [6.45, 7) is 2.06. The number of aryl methyl sites for hydroxylation is 1. The Kier molecular flexibility index (Phi) is 3.92. The van der Waals surface area contributed by atoms with E-state index in [9.17, 15) is 4.79 Å². The van der Waals surface area contributed by atoms with Crippen LogP contribution < -0.4 is 4.74 Å². The fourth-order valence-corrected chi connectivity index (χ4v) is 3.34. The summed E-state index contributed by atoms with van der Waals surface area (Å²) in [4.78, 5) is 11.9. The lowest BCUT2D eigenvalue weighted by Gasteiger charge is -2.26. The molecule has 21 heavy (non-hydrogen) atoms. The maximum Gasteiger partial charge on any atom is 0.350 e. The lowest BCUT2D eigenvalue weighted by Crippen LogP contribution is -2.31. The van der Waals surface area contributed by atoms with Gasteiger partial charge in [0.2, 0.25) is 5.60 Å². The van der Waals surface area contributed by atoms with Gasteiger partial charge in [0.05, 0.1) is 7.11 Å². The topological polar surface area (TPSA) is 35.5 Å². The first kappa shape index (κ1) is 14.4. The number of hydrogen-bond donors (Lipinski definition) is 0. The normalized spacial score (nSPS) is 20.9. The van der Waals surface area contributed by atoms with Gasteiger partial charge in [0.25, 0.3) is 0 Å². The number of methoxy groups -OCH3 is 1. The standard InChI is InChI=1S/C18H24O3/c1-13-8-9-15(14-6-4-3-5-7-14)16(12-13)21-18(10-11-18)17(19)20-2/h8-9,12,14H,3-7,10-11H2,1-2H3. The van der Waals surface area contributed by atoms with Gasteiger partial charge in [0.1, 0.15) is 5.75 Å². The van der Waals surface area contributed by atoms with E-state index in [2.05, 4.69) is 25.1 Å². The summed E-state index contributed by atoms with van der Waals surface area (Å²) in [5.74, 6) is 1.23. The summed E-state index contributed by atoms with van der Waals surface area (Å²) >= 11 is 0. The Morgan fingerprint density at radius 3 is 2.52 bits per heavy atom. The first-order valence-electron chi connectivity index (χ1n) is 8.03. The zero-order valence-corrected chi connectivity index (χ0v) is 13.0. The van der Waals surface area contributed by atoms with Gasteiger partial charge in [-0.2, -0.15) is 0 Å². The molecule has 0 aromatic heterocycles. The maximum absolute atomic E-state index is 11.9. The molecule has 0 heterocycles. The van der Waals surface area contributed by atoms with Crippen LogP contribution in [0.3, 0.4) is 0 Å². The number of rotatable bonds is 4. The van der Waals surface area contributed by atoms with E-state index in [1.807, 2.05) is 0 Å². The van der Waals surface area contributed by atoms with Crippen molar-refractivity contribution in [1.82, 2.24) is 0 Å². The Hall–Kier alpha value is -1.51. The van der Waals surface area contributed by atoms with E-state index in [1.54, 1.807) is 0 Å². The van der Waals surface area contributed by atoms with Crippen molar-refractivity contribution < 1.29 is 14.3 Å². The average molecular weight is 288 g/mol. The molecule has 0 radical (unpaired) electrons. The molecule has 2 aliphatic carbocycles. The van der Waals surface area contributed by atoms with E-state index in [0.717, 1.165) is 18.6 Å². The summed E-state index contributed by atoms with van der Waals surface area (Å²) in [5.41, 5.74) is 1.73. The number of esters is 1. The monoisotopic (exact) mass is 288 g/mol. The first-order chi connectivity index (χ1) is 10.1. The van der Waals surface area contributed by atoms with Crippen LogP contribution in [0.15, 0.2) is 18.2 Å². The molecule has 0 spiro atoms. The Morgan fingerprint density at radius 2 is 1.90 bits per heavy atom. The smallest absolute Gasteiger partial charge is 0.350 e. The van der Waals surface area contributed by atoms with Crippen molar-refractivity contribution in [3.05, 3.63) is 29.3 Å². The minimum absolute atomic E-state index is 0.237. The van der Waals surface area contributed by atoms with Crippen molar-refractivity contribution in [3.8, 4) is 5.75 Å². The van der Waals surface area contributed by atoms with Gasteiger partial charge in [-0.15, -0.1) is 0 Å². The Labute approximate surface area is 126 Å². The number of carbonyl (C=O) groups excluding carboxylic acids is 1. The maximum atomic E-state index is 11.9. The molecule has 3 nitrogen and oxygen atoms in total. The first-order valence-corrected chi connectivity index (χ1v) is 8.03. The van der Waals surface area contributed by atoms with E-state index in [0.29, 0.717) is 5.92 Å². The molecule has 0 atom stereocenters. The van der Waals surface area contributed by atoms with Gasteiger partial charge in [-0.05, 0) is 42.9 Å². The van der Waals surface area contributed by atoms with Crippen LogP contribution in [0.1, 0.15) is 62.0 Å². The largest absolute Gasteiger partial charge is 0.475 e. The fraction of sp³-hybridized carbons (Fsp3) is 0.611. The molecule has 2 aliphatic rings. The highest BCUT2D eigenvalue weighted by molar-refractivity contribution is 5.83. The second-order valence-corrected chi connectivity index (χ2v) is 6.46. The number of hydrogen-bond acceptors (Lipinski definition) is 3. The SMILES string of the molecule is COC(=O)C1(Oc2cc(C)ccc2C2CCCCC2)CC1. The van der Waals surface area contributed by atoms with Crippen LogP contribution in [0, 0.1) is 6.92 Å². The highest BCUT2D eigenvalue weighted by atomic mass is 16.6. The van der Waals surface area contributed by atoms with Gasteiger partial charge in [0, 0.05) is 12.8 Å². The van der Waals surface area contributed by atoms with Crippen molar-refractivity contribution in [2.75, 3.05) is 7.11 Å². The third-order valence-electron chi connectivity index (χ3n) is 4.78. The fourth-order valence-electron chi connectivity index (χ4n) is 3.34. The zero-order chi connectivity index (χ0) is 14.9. The molecule has 0 aliphatic heterocycles. The lowest BCUT2D eigenvalue weighted by molar-refractivity contribution is -0.151. The van der Waals surface area contributed by atoms with Crippen LogP contribution in [-0.4, -0.2) is 18.7 Å². The number of benzene rings is 1. The van der Waals surface area contributed by atoms with Crippen LogP contribution in [0.5, 0.6) is 5.75 Å². The average Bonchev–Trinajstić information content (AvgIpc) is 3.28. The molecule has 2 saturated carbocycles. The molecule has 3 heteroatoms. The van der Waals surface area contributed by atoms with Crippen molar-refractivity contribution in [3.63, 3.8) is 0 Å². The Balaban J connectivity index is 1.86. The molecule has 0 bridgehead atoms. The van der Waals surface area contributed by atoms with Gasteiger partial charge < -0.3 is 9.47 Å². The molecule has 0 unspecified atom stereocenters. The predicted molar refractivity (Wildman–Crippen MR) is 81.6 cm³/mol. The summed E-state index contributed by atoms with van der Waals surface area (Å²) in [7, 11) is 1.43. The van der Waals surface area contributed by atoms with E-state index < -0.39 is 5.60 Å². The van der Waals surface area contributed by atoms with Crippen LogP contribution in [0.25, 0.3) is 0 Å². The summed E-state index contributed by atoms with van der Waals surface area (Å²) in [6.07, 6.45) is 7.90. The summed E-state index contributed by atoms with van der Waals surface area (Å²) in [6, 6.07) is 6.41. The highest BCUT2D eigenvalue weighted by Gasteiger charge is 2.54. The number of ether oxygens (including phenoxy) is 2. The molecule has 1 aromatic carbocycles. The molecular formula is C18H24O3. The van der Waals surface area contributed by atoms with Gasteiger partial charge >= 0.3 is 5.97 Å². The van der Waals surface area contributed by atoms with Crippen LogP contribution in [0.4, 0.5) is 0 Å². The minimum atomic E-state index is -0.716. The molecule has 1 aromatic rings. The Bertz CT molecular complexity index is 525. The zero-order valence-electron chi connectivity index (χ0n) is 13.0. The van der Waals surface area contributed by atoms with Crippen LogP contribution >= 0.6 is 0 Å². The highest BCUT2D eigenvalue weighted by Crippen LogP contribution is 2.45. The molecule has 0 saturated heterocycles. The predicted octanol–water partition coefficient (Wildman–Crippen LogP) is 4.13. The van der Waals surface area contributed by atoms with Crippen molar-refractivity contribution in [2.24, 2.45) is 0 Å².